The Morgan fingerprint density at radius 3 is 2.37 bits per heavy atom. The Morgan fingerprint density at radius 2 is 1.67 bits per heavy atom. The van der Waals surface area contributed by atoms with E-state index in [2.05, 4.69) is 25.8 Å². The van der Waals surface area contributed by atoms with Crippen LogP contribution < -0.4 is 15.4 Å². The quantitative estimate of drug-likeness (QED) is 0.690. The molecular formula is C19H22N4O3S. The summed E-state index contributed by atoms with van der Waals surface area (Å²) >= 11 is 0. The van der Waals surface area contributed by atoms with Crippen LogP contribution >= 0.6 is 0 Å². The van der Waals surface area contributed by atoms with E-state index in [4.69, 9.17) is 0 Å². The number of hydrogen-bond acceptors (Lipinski definition) is 3. The number of carbonyl (C=O) groups excluding carboxylic acids is 2. The van der Waals surface area contributed by atoms with Gasteiger partial charge < -0.3 is 10.6 Å². The molecule has 1 atom stereocenters. The van der Waals surface area contributed by atoms with Crippen LogP contribution in [0, 0.1) is 0 Å². The van der Waals surface area contributed by atoms with Crippen molar-refractivity contribution in [3.8, 4) is 0 Å². The molecule has 0 spiro atoms. The molecule has 1 unspecified atom stereocenters. The molecule has 1 aromatic rings. The van der Waals surface area contributed by atoms with Gasteiger partial charge in [0.15, 0.2) is 9.92 Å². The molecule has 5 rings (SSSR count). The Bertz CT molecular complexity index is 1000. The lowest BCUT2D eigenvalue weighted by molar-refractivity contribution is 0.248. The van der Waals surface area contributed by atoms with Crippen molar-refractivity contribution in [3.05, 3.63) is 38.9 Å². The number of carbonyl (C=O) groups is 2. The standard InChI is InChI=1S/C19H22N4O3S/c24-18-20-15-8-3-9-16(15)27(26,22-18)23-19(25)21-17-13-6-1-4-11(13)10-12-5-2-7-14(12)17/h10H,1-9H2,(H3,20,21,22,23,24,25,26). The highest BCUT2D eigenvalue weighted by Gasteiger charge is 2.33. The molecule has 3 aliphatic carbocycles. The maximum atomic E-state index is 13.2. The molecule has 1 aromatic carbocycles. The molecule has 142 valence electrons. The van der Waals surface area contributed by atoms with Gasteiger partial charge in [-0.15, -0.1) is 4.36 Å². The molecule has 1 heterocycles. The van der Waals surface area contributed by atoms with E-state index in [0.29, 0.717) is 23.4 Å². The smallest absolute Gasteiger partial charge is 0.310 e. The van der Waals surface area contributed by atoms with Crippen LogP contribution in [0.15, 0.2) is 21.0 Å². The maximum absolute atomic E-state index is 13.2. The number of hydrogen-bond donors (Lipinski definition) is 3. The number of benzene rings is 1. The topological polar surface area (TPSA) is 99.7 Å². The minimum Gasteiger partial charge on any atom is -0.310 e. The number of anilines is 1. The number of fused-ring (bicyclic) bond motifs is 2. The predicted molar refractivity (Wildman–Crippen MR) is 103 cm³/mol. The monoisotopic (exact) mass is 386 g/mol. The number of amides is 4. The Hall–Kier alpha value is -2.35. The molecule has 27 heavy (non-hydrogen) atoms. The fourth-order valence-corrected chi connectivity index (χ4v) is 6.56. The lowest BCUT2D eigenvalue weighted by atomic mass is 9.99. The summed E-state index contributed by atoms with van der Waals surface area (Å²) in [6.07, 6.45) is 8.20. The minimum atomic E-state index is -3.23. The van der Waals surface area contributed by atoms with E-state index in [1.165, 1.54) is 22.3 Å². The molecule has 0 aromatic heterocycles. The van der Waals surface area contributed by atoms with Crippen molar-refractivity contribution < 1.29 is 13.8 Å². The summed E-state index contributed by atoms with van der Waals surface area (Å²) in [5.41, 5.74) is 6.54. The highest BCUT2D eigenvalue weighted by atomic mass is 32.2. The van der Waals surface area contributed by atoms with Gasteiger partial charge in [0.05, 0.1) is 4.91 Å². The molecule has 4 aliphatic rings. The number of urea groups is 2. The lowest BCUT2D eigenvalue weighted by Crippen LogP contribution is -2.44. The average molecular weight is 386 g/mol. The molecule has 0 fully saturated rings. The van der Waals surface area contributed by atoms with Gasteiger partial charge in [-0.1, -0.05) is 6.07 Å². The van der Waals surface area contributed by atoms with E-state index >= 15 is 0 Å². The van der Waals surface area contributed by atoms with Crippen LogP contribution in [0.1, 0.15) is 54.4 Å². The first kappa shape index (κ1) is 16.8. The van der Waals surface area contributed by atoms with Gasteiger partial charge in [-0.2, -0.15) is 0 Å². The summed E-state index contributed by atoms with van der Waals surface area (Å²) in [5.74, 6) is 0. The number of aryl methyl sites for hydroxylation is 2. The van der Waals surface area contributed by atoms with Gasteiger partial charge in [0.2, 0.25) is 0 Å². The molecule has 3 N–H and O–H groups in total. The number of nitrogens with one attached hydrogen (secondary N) is 3. The van der Waals surface area contributed by atoms with Crippen molar-refractivity contribution in [3.63, 3.8) is 0 Å². The first-order valence-electron chi connectivity index (χ1n) is 9.59. The van der Waals surface area contributed by atoms with Gasteiger partial charge in [-0.25, -0.2) is 18.5 Å². The van der Waals surface area contributed by atoms with Gasteiger partial charge in [-0.05, 0) is 80.0 Å². The largest absolute Gasteiger partial charge is 0.355 e. The summed E-state index contributed by atoms with van der Waals surface area (Å²) < 4.78 is 19.6. The van der Waals surface area contributed by atoms with Crippen molar-refractivity contribution in [2.24, 2.45) is 4.36 Å². The van der Waals surface area contributed by atoms with Crippen molar-refractivity contribution >= 4 is 27.7 Å². The fourth-order valence-electron chi connectivity index (χ4n) is 4.79. The SMILES string of the molecule is O=C(N=S1(=O)NC(=O)NC2=C1CCC2)Nc1c2c(cc3c1CCC3)CCC2. The van der Waals surface area contributed by atoms with Crippen LogP contribution in [-0.4, -0.2) is 16.3 Å². The Balaban J connectivity index is 1.52. The van der Waals surface area contributed by atoms with Crippen LogP contribution in [0.3, 0.4) is 0 Å². The fraction of sp³-hybridized carbons (Fsp3) is 0.474. The molecule has 0 radical (unpaired) electrons. The van der Waals surface area contributed by atoms with Crippen LogP contribution in [0.5, 0.6) is 0 Å². The van der Waals surface area contributed by atoms with Crippen LogP contribution in [-0.2, 0) is 35.6 Å². The molecule has 4 amide bonds. The van der Waals surface area contributed by atoms with Crippen molar-refractivity contribution in [2.75, 3.05) is 5.32 Å². The highest BCUT2D eigenvalue weighted by Crippen LogP contribution is 2.39. The lowest BCUT2D eigenvalue weighted by Gasteiger charge is -2.21. The zero-order valence-electron chi connectivity index (χ0n) is 15.0. The third kappa shape index (κ3) is 2.74. The minimum absolute atomic E-state index is 0.556. The summed E-state index contributed by atoms with van der Waals surface area (Å²) in [5, 5.41) is 5.61. The van der Waals surface area contributed by atoms with E-state index in [1.54, 1.807) is 0 Å². The summed E-state index contributed by atoms with van der Waals surface area (Å²) in [7, 11) is -3.23. The number of rotatable bonds is 1. The Labute approximate surface area is 158 Å². The summed E-state index contributed by atoms with van der Waals surface area (Å²) in [6.45, 7) is 0. The summed E-state index contributed by atoms with van der Waals surface area (Å²) in [6, 6.07) is 1.09. The van der Waals surface area contributed by atoms with Gasteiger partial charge in [-0.3, -0.25) is 0 Å². The molecule has 0 saturated carbocycles. The Kier molecular flexibility index (Phi) is 3.79. The van der Waals surface area contributed by atoms with Gasteiger partial charge >= 0.3 is 12.1 Å². The van der Waals surface area contributed by atoms with E-state index in [1.807, 2.05) is 0 Å². The summed E-state index contributed by atoms with van der Waals surface area (Å²) in [4.78, 5) is 25.1. The normalized spacial score (nSPS) is 25.4. The van der Waals surface area contributed by atoms with Crippen molar-refractivity contribution in [1.29, 1.82) is 0 Å². The maximum Gasteiger partial charge on any atom is 0.355 e. The molecular weight excluding hydrogens is 364 g/mol. The average Bonchev–Trinajstić information content (AvgIpc) is 3.33. The third-order valence-electron chi connectivity index (χ3n) is 5.91. The number of allylic oxidation sites excluding steroid dienone is 2. The molecule has 1 aliphatic heterocycles. The van der Waals surface area contributed by atoms with E-state index in [0.717, 1.165) is 50.6 Å². The van der Waals surface area contributed by atoms with Crippen molar-refractivity contribution in [2.45, 2.75) is 57.8 Å². The molecule has 8 heteroatoms. The van der Waals surface area contributed by atoms with Gasteiger partial charge in [0.25, 0.3) is 0 Å². The van der Waals surface area contributed by atoms with Crippen molar-refractivity contribution in [1.82, 2.24) is 10.0 Å². The zero-order valence-corrected chi connectivity index (χ0v) is 15.8. The first-order valence-corrected chi connectivity index (χ1v) is 11.1. The Morgan fingerprint density at radius 1 is 1.00 bits per heavy atom. The zero-order chi connectivity index (χ0) is 18.6. The van der Waals surface area contributed by atoms with Crippen LogP contribution in [0.4, 0.5) is 15.3 Å². The van der Waals surface area contributed by atoms with E-state index < -0.39 is 22.0 Å². The second-order valence-electron chi connectivity index (χ2n) is 7.59. The van der Waals surface area contributed by atoms with Gasteiger partial charge in [0, 0.05) is 11.4 Å². The van der Waals surface area contributed by atoms with Crippen LogP contribution in [0.25, 0.3) is 0 Å². The van der Waals surface area contributed by atoms with Gasteiger partial charge in [0.1, 0.15) is 0 Å². The third-order valence-corrected chi connectivity index (χ3v) is 7.92. The molecule has 7 nitrogen and oxygen atoms in total. The second kappa shape index (κ2) is 6.09. The number of nitrogens with zero attached hydrogens (tertiary/aromatic N) is 1. The first-order chi connectivity index (χ1) is 13.0. The molecule has 0 bridgehead atoms. The van der Waals surface area contributed by atoms with E-state index in [-0.39, 0.29) is 0 Å². The van der Waals surface area contributed by atoms with Crippen LogP contribution in [0.2, 0.25) is 0 Å². The van der Waals surface area contributed by atoms with E-state index in [9.17, 15) is 13.8 Å². The predicted octanol–water partition coefficient (Wildman–Crippen LogP) is 3.29. The molecule has 0 saturated heterocycles. The highest BCUT2D eigenvalue weighted by molar-refractivity contribution is 7.96. The second-order valence-corrected chi connectivity index (χ2v) is 9.52.